The second kappa shape index (κ2) is 6.64. The molecule has 0 aliphatic carbocycles. The Morgan fingerprint density at radius 1 is 1.44 bits per heavy atom. The third-order valence-corrected chi connectivity index (χ3v) is 3.72. The molecule has 0 saturated carbocycles. The number of aldehydes is 1. The molecule has 0 aromatic rings. The second-order valence-electron chi connectivity index (χ2n) is 6.03. The molecule has 0 bridgehead atoms. The molecule has 0 aromatic heterocycles. The topological polar surface area (TPSA) is 49.8 Å². The molecule has 1 heterocycles. The Morgan fingerprint density at radius 2 is 2.06 bits per heavy atom. The zero-order chi connectivity index (χ0) is 13.6. The fraction of sp³-hybridized carbons (Fsp3) is 0.929. The summed E-state index contributed by atoms with van der Waals surface area (Å²) >= 11 is 0. The van der Waals surface area contributed by atoms with Gasteiger partial charge in [0, 0.05) is 44.6 Å². The van der Waals surface area contributed by atoms with Gasteiger partial charge in [-0.3, -0.25) is 0 Å². The van der Waals surface area contributed by atoms with Gasteiger partial charge < -0.3 is 19.5 Å². The number of nitrogens with zero attached hydrogens (tertiary/aromatic N) is 1. The maximum absolute atomic E-state index is 11.2. The summed E-state index contributed by atoms with van der Waals surface area (Å²) in [5, 5.41) is 10.4. The molecule has 0 amide bonds. The van der Waals surface area contributed by atoms with Gasteiger partial charge in [-0.2, -0.15) is 0 Å². The molecule has 0 spiro atoms. The first-order valence-corrected chi connectivity index (χ1v) is 6.88. The van der Waals surface area contributed by atoms with E-state index in [1.54, 1.807) is 0 Å². The van der Waals surface area contributed by atoms with Crippen LogP contribution in [0.5, 0.6) is 0 Å². The summed E-state index contributed by atoms with van der Waals surface area (Å²) in [6, 6.07) is 0. The Hall–Kier alpha value is -0.450. The molecule has 18 heavy (non-hydrogen) atoms. The summed E-state index contributed by atoms with van der Waals surface area (Å²) in [6.07, 6.45) is 4.32. The van der Waals surface area contributed by atoms with E-state index in [1.807, 2.05) is 14.0 Å². The van der Waals surface area contributed by atoms with Crippen molar-refractivity contribution in [3.8, 4) is 0 Å². The van der Waals surface area contributed by atoms with Crippen molar-refractivity contribution in [2.45, 2.75) is 45.1 Å². The fourth-order valence-electron chi connectivity index (χ4n) is 2.83. The van der Waals surface area contributed by atoms with Crippen molar-refractivity contribution in [1.82, 2.24) is 4.90 Å². The predicted octanol–water partition coefficient (Wildman–Crippen LogP) is 1.46. The van der Waals surface area contributed by atoms with Crippen LogP contribution in [-0.2, 0) is 9.53 Å². The van der Waals surface area contributed by atoms with E-state index in [1.165, 1.54) is 0 Å². The van der Waals surface area contributed by atoms with Gasteiger partial charge in [0.1, 0.15) is 6.29 Å². The van der Waals surface area contributed by atoms with Gasteiger partial charge in [-0.1, -0.05) is 20.3 Å². The van der Waals surface area contributed by atoms with Crippen LogP contribution in [0.3, 0.4) is 0 Å². The fourth-order valence-corrected chi connectivity index (χ4v) is 2.83. The van der Waals surface area contributed by atoms with Crippen LogP contribution >= 0.6 is 0 Å². The van der Waals surface area contributed by atoms with Gasteiger partial charge in [-0.25, -0.2) is 0 Å². The number of carbonyl (C=O) groups is 1. The molecule has 1 fully saturated rings. The summed E-state index contributed by atoms with van der Waals surface area (Å²) < 4.78 is 5.27. The average Bonchev–Trinajstić information content (AvgIpc) is 2.29. The smallest absolute Gasteiger partial charge is 0.127 e. The summed E-state index contributed by atoms with van der Waals surface area (Å²) in [6.45, 7) is 6.66. The van der Waals surface area contributed by atoms with E-state index in [2.05, 4.69) is 11.8 Å². The minimum Gasteiger partial charge on any atom is -0.388 e. The molecular formula is C14H27NO3. The van der Waals surface area contributed by atoms with E-state index in [0.717, 1.165) is 19.1 Å². The average molecular weight is 257 g/mol. The minimum atomic E-state index is -0.650. The van der Waals surface area contributed by atoms with Crippen LogP contribution in [0.15, 0.2) is 0 Å². The van der Waals surface area contributed by atoms with Crippen LogP contribution in [0.4, 0.5) is 0 Å². The normalized spacial score (nSPS) is 22.7. The van der Waals surface area contributed by atoms with Gasteiger partial charge in [0.2, 0.25) is 0 Å². The summed E-state index contributed by atoms with van der Waals surface area (Å²) in [5.41, 5.74) is -0.950. The van der Waals surface area contributed by atoms with E-state index < -0.39 is 5.60 Å². The number of likely N-dealkylation sites (N-methyl/N-ethyl adjacent to an activating group) is 1. The molecule has 0 radical (unpaired) electrons. The van der Waals surface area contributed by atoms with Gasteiger partial charge in [-0.15, -0.1) is 0 Å². The van der Waals surface area contributed by atoms with E-state index >= 15 is 0 Å². The molecule has 106 valence electrons. The lowest BCUT2D eigenvalue weighted by Crippen LogP contribution is -2.48. The van der Waals surface area contributed by atoms with Crippen LogP contribution < -0.4 is 0 Å². The largest absolute Gasteiger partial charge is 0.388 e. The lowest BCUT2D eigenvalue weighted by molar-refractivity contribution is -0.118. The monoisotopic (exact) mass is 257 g/mol. The van der Waals surface area contributed by atoms with E-state index in [9.17, 15) is 9.90 Å². The highest BCUT2D eigenvalue weighted by atomic mass is 16.5. The Balaban J connectivity index is 2.48. The third-order valence-electron chi connectivity index (χ3n) is 3.72. The van der Waals surface area contributed by atoms with Crippen molar-refractivity contribution in [3.63, 3.8) is 0 Å². The Bertz CT molecular complexity index is 264. The summed E-state index contributed by atoms with van der Waals surface area (Å²) in [4.78, 5) is 13.3. The van der Waals surface area contributed by atoms with Gasteiger partial charge in [0.25, 0.3) is 0 Å². The minimum absolute atomic E-state index is 0.301. The highest BCUT2D eigenvalue weighted by molar-refractivity contribution is 5.58. The molecule has 1 aliphatic rings. The molecule has 1 atom stereocenters. The van der Waals surface area contributed by atoms with Crippen LogP contribution in [0.25, 0.3) is 0 Å². The van der Waals surface area contributed by atoms with E-state index in [0.29, 0.717) is 39.1 Å². The van der Waals surface area contributed by atoms with Gasteiger partial charge >= 0.3 is 0 Å². The first kappa shape index (κ1) is 15.6. The first-order valence-electron chi connectivity index (χ1n) is 6.88. The maximum Gasteiger partial charge on any atom is 0.127 e. The quantitative estimate of drug-likeness (QED) is 0.702. The Morgan fingerprint density at radius 3 is 2.56 bits per heavy atom. The number of hydrogen-bond donors (Lipinski definition) is 1. The molecule has 1 saturated heterocycles. The van der Waals surface area contributed by atoms with E-state index in [-0.39, 0.29) is 5.41 Å². The SMILES string of the molecule is CCCC(C)(C=O)CN(C)CC1(O)CCOCC1. The van der Waals surface area contributed by atoms with Gasteiger partial charge in [0.15, 0.2) is 0 Å². The van der Waals surface area contributed by atoms with Crippen LogP contribution in [-0.4, -0.2) is 55.2 Å². The van der Waals surface area contributed by atoms with Crippen molar-refractivity contribution >= 4 is 6.29 Å². The molecule has 0 aromatic carbocycles. The molecule has 1 rings (SSSR count). The lowest BCUT2D eigenvalue weighted by atomic mass is 9.86. The number of carbonyl (C=O) groups excluding carboxylic acids is 1. The molecule has 4 nitrogen and oxygen atoms in total. The zero-order valence-corrected chi connectivity index (χ0v) is 11.9. The first-order chi connectivity index (χ1) is 8.43. The second-order valence-corrected chi connectivity index (χ2v) is 6.03. The lowest BCUT2D eigenvalue weighted by Gasteiger charge is -2.37. The Labute approximate surface area is 110 Å². The predicted molar refractivity (Wildman–Crippen MR) is 71.6 cm³/mol. The van der Waals surface area contributed by atoms with Crippen molar-refractivity contribution in [3.05, 3.63) is 0 Å². The standard InChI is InChI=1S/C14H27NO3/c1-4-5-13(2,12-16)10-15(3)11-14(17)6-8-18-9-7-14/h12,17H,4-11H2,1-3H3. The van der Waals surface area contributed by atoms with Crippen molar-refractivity contribution in [2.24, 2.45) is 5.41 Å². The third kappa shape index (κ3) is 4.67. The maximum atomic E-state index is 11.2. The van der Waals surface area contributed by atoms with Gasteiger partial charge in [0.05, 0.1) is 5.60 Å². The van der Waals surface area contributed by atoms with Gasteiger partial charge in [-0.05, 0) is 13.5 Å². The van der Waals surface area contributed by atoms with Crippen LogP contribution in [0.2, 0.25) is 0 Å². The summed E-state index contributed by atoms with van der Waals surface area (Å²) in [7, 11) is 1.98. The number of hydrogen-bond acceptors (Lipinski definition) is 4. The van der Waals surface area contributed by atoms with Crippen LogP contribution in [0, 0.1) is 5.41 Å². The molecule has 1 unspecified atom stereocenters. The van der Waals surface area contributed by atoms with Crippen molar-refractivity contribution in [2.75, 3.05) is 33.4 Å². The highest BCUT2D eigenvalue weighted by Crippen LogP contribution is 2.25. The molecular weight excluding hydrogens is 230 g/mol. The molecule has 4 heteroatoms. The number of aliphatic hydroxyl groups is 1. The Kier molecular flexibility index (Phi) is 5.76. The molecule has 1 aliphatic heterocycles. The van der Waals surface area contributed by atoms with Crippen molar-refractivity contribution in [1.29, 1.82) is 0 Å². The van der Waals surface area contributed by atoms with Crippen LogP contribution in [0.1, 0.15) is 39.5 Å². The highest BCUT2D eigenvalue weighted by Gasteiger charge is 2.33. The summed E-state index contributed by atoms with van der Waals surface area (Å²) in [5.74, 6) is 0. The number of rotatable bonds is 7. The van der Waals surface area contributed by atoms with Crippen molar-refractivity contribution < 1.29 is 14.6 Å². The van der Waals surface area contributed by atoms with E-state index in [4.69, 9.17) is 4.74 Å². The molecule has 1 N–H and O–H groups in total. The zero-order valence-electron chi connectivity index (χ0n) is 11.9. The number of ether oxygens (including phenoxy) is 1.